The van der Waals surface area contributed by atoms with E-state index in [2.05, 4.69) is 31.2 Å². The van der Waals surface area contributed by atoms with E-state index >= 15 is 0 Å². The van der Waals surface area contributed by atoms with Gasteiger partial charge in [0, 0.05) is 5.39 Å². The molecular formula is C21H15F. The van der Waals surface area contributed by atoms with E-state index in [0.29, 0.717) is 5.39 Å². The van der Waals surface area contributed by atoms with Crippen molar-refractivity contribution in [3.05, 3.63) is 84.2 Å². The van der Waals surface area contributed by atoms with Gasteiger partial charge in [0.15, 0.2) is 0 Å². The molecule has 0 heterocycles. The van der Waals surface area contributed by atoms with Crippen LogP contribution in [0.15, 0.2) is 72.8 Å². The standard InChI is InChI=1S/C21H15F/c1-14-10-11-16-13-19(15-6-3-2-4-7-15)21-17(18(16)12-14)8-5-9-20(21)22/h2-13H,1H3. The second-order valence-electron chi connectivity index (χ2n) is 5.68. The zero-order valence-corrected chi connectivity index (χ0v) is 12.3. The number of benzene rings is 4. The summed E-state index contributed by atoms with van der Waals surface area (Å²) < 4.78 is 14.6. The van der Waals surface area contributed by atoms with Crippen LogP contribution in [0.5, 0.6) is 0 Å². The Labute approximate surface area is 128 Å². The molecule has 0 N–H and O–H groups in total. The summed E-state index contributed by atoms with van der Waals surface area (Å²) in [5.41, 5.74) is 3.18. The first-order chi connectivity index (χ1) is 10.7. The van der Waals surface area contributed by atoms with Crippen LogP contribution in [0.4, 0.5) is 4.39 Å². The molecule has 0 fully saturated rings. The smallest absolute Gasteiger partial charge is 0.131 e. The maximum atomic E-state index is 14.6. The van der Waals surface area contributed by atoms with Crippen molar-refractivity contribution < 1.29 is 4.39 Å². The van der Waals surface area contributed by atoms with Crippen molar-refractivity contribution in [2.24, 2.45) is 0 Å². The molecule has 0 aliphatic carbocycles. The highest BCUT2D eigenvalue weighted by atomic mass is 19.1. The van der Waals surface area contributed by atoms with Gasteiger partial charge in [0.2, 0.25) is 0 Å². The molecule has 4 aromatic carbocycles. The van der Waals surface area contributed by atoms with E-state index in [1.165, 1.54) is 11.6 Å². The third kappa shape index (κ3) is 1.98. The summed E-state index contributed by atoms with van der Waals surface area (Å²) in [7, 11) is 0. The van der Waals surface area contributed by atoms with Gasteiger partial charge in [0.05, 0.1) is 0 Å². The van der Waals surface area contributed by atoms with E-state index in [1.807, 2.05) is 36.4 Å². The van der Waals surface area contributed by atoms with Gasteiger partial charge < -0.3 is 0 Å². The van der Waals surface area contributed by atoms with Crippen LogP contribution < -0.4 is 0 Å². The molecule has 106 valence electrons. The fourth-order valence-corrected chi connectivity index (χ4v) is 3.12. The van der Waals surface area contributed by atoms with Gasteiger partial charge in [-0.25, -0.2) is 4.39 Å². The monoisotopic (exact) mass is 286 g/mol. The van der Waals surface area contributed by atoms with E-state index in [1.54, 1.807) is 6.07 Å². The third-order valence-corrected chi connectivity index (χ3v) is 4.17. The lowest BCUT2D eigenvalue weighted by Crippen LogP contribution is -1.88. The highest BCUT2D eigenvalue weighted by Crippen LogP contribution is 2.36. The minimum Gasteiger partial charge on any atom is -0.206 e. The second kappa shape index (κ2) is 4.96. The molecular weight excluding hydrogens is 271 g/mol. The highest BCUT2D eigenvalue weighted by molar-refractivity contribution is 6.14. The topological polar surface area (TPSA) is 0 Å². The summed E-state index contributed by atoms with van der Waals surface area (Å²) in [6.45, 7) is 2.07. The van der Waals surface area contributed by atoms with Gasteiger partial charge in [-0.2, -0.15) is 0 Å². The van der Waals surface area contributed by atoms with Crippen LogP contribution in [0.1, 0.15) is 5.56 Å². The lowest BCUT2D eigenvalue weighted by atomic mass is 9.92. The Kier molecular flexibility index (Phi) is 2.93. The lowest BCUT2D eigenvalue weighted by molar-refractivity contribution is 0.640. The first-order valence-electron chi connectivity index (χ1n) is 7.41. The molecule has 0 spiro atoms. The van der Waals surface area contributed by atoms with Gasteiger partial charge in [-0.15, -0.1) is 0 Å². The van der Waals surface area contributed by atoms with Gasteiger partial charge in [-0.05, 0) is 46.3 Å². The van der Waals surface area contributed by atoms with Crippen LogP contribution in [-0.2, 0) is 0 Å². The summed E-state index contributed by atoms with van der Waals surface area (Å²) in [6.07, 6.45) is 0. The second-order valence-corrected chi connectivity index (χ2v) is 5.68. The van der Waals surface area contributed by atoms with Crippen molar-refractivity contribution in [3.8, 4) is 11.1 Å². The van der Waals surface area contributed by atoms with Crippen molar-refractivity contribution in [2.75, 3.05) is 0 Å². The molecule has 0 amide bonds. The van der Waals surface area contributed by atoms with Crippen LogP contribution >= 0.6 is 0 Å². The normalized spacial score (nSPS) is 11.2. The van der Waals surface area contributed by atoms with Gasteiger partial charge in [0.25, 0.3) is 0 Å². The van der Waals surface area contributed by atoms with Crippen LogP contribution in [0.3, 0.4) is 0 Å². The molecule has 4 rings (SSSR count). The van der Waals surface area contributed by atoms with Crippen LogP contribution in [0.25, 0.3) is 32.7 Å². The maximum Gasteiger partial charge on any atom is 0.131 e. The van der Waals surface area contributed by atoms with Crippen LogP contribution in [0.2, 0.25) is 0 Å². The van der Waals surface area contributed by atoms with Crippen molar-refractivity contribution >= 4 is 21.5 Å². The fraction of sp³-hybridized carbons (Fsp3) is 0.0476. The Morgan fingerprint density at radius 2 is 1.55 bits per heavy atom. The van der Waals surface area contributed by atoms with Crippen LogP contribution in [-0.4, -0.2) is 0 Å². The number of hydrogen-bond acceptors (Lipinski definition) is 0. The zero-order chi connectivity index (χ0) is 15.1. The Balaban J connectivity index is 2.22. The highest BCUT2D eigenvalue weighted by Gasteiger charge is 2.12. The minimum atomic E-state index is -0.167. The molecule has 0 atom stereocenters. The number of halogens is 1. The maximum absolute atomic E-state index is 14.6. The van der Waals surface area contributed by atoms with Gasteiger partial charge in [-0.3, -0.25) is 0 Å². The largest absolute Gasteiger partial charge is 0.206 e. The molecule has 0 saturated carbocycles. The quantitative estimate of drug-likeness (QED) is 0.370. The molecule has 1 heteroatoms. The third-order valence-electron chi connectivity index (χ3n) is 4.17. The average Bonchev–Trinajstić information content (AvgIpc) is 2.55. The predicted octanol–water partition coefficient (Wildman–Crippen LogP) is 6.11. The number of rotatable bonds is 1. The van der Waals surface area contributed by atoms with Gasteiger partial charge in [-0.1, -0.05) is 66.2 Å². The zero-order valence-electron chi connectivity index (χ0n) is 12.3. The summed E-state index contributed by atoms with van der Waals surface area (Å²) in [6, 6.07) is 23.8. The van der Waals surface area contributed by atoms with Crippen molar-refractivity contribution in [3.63, 3.8) is 0 Å². The molecule has 0 nitrogen and oxygen atoms in total. The minimum absolute atomic E-state index is 0.167. The SMILES string of the molecule is Cc1ccc2cc(-c3ccccc3)c3c(F)cccc3c2c1. The van der Waals surface area contributed by atoms with Gasteiger partial charge >= 0.3 is 0 Å². The molecule has 0 bridgehead atoms. The first kappa shape index (κ1) is 13.0. The van der Waals surface area contributed by atoms with E-state index in [9.17, 15) is 4.39 Å². The molecule has 22 heavy (non-hydrogen) atoms. The predicted molar refractivity (Wildman–Crippen MR) is 91.6 cm³/mol. The molecule has 0 aliphatic heterocycles. The average molecular weight is 286 g/mol. The summed E-state index contributed by atoms with van der Waals surface area (Å²) in [4.78, 5) is 0. The summed E-state index contributed by atoms with van der Waals surface area (Å²) >= 11 is 0. The number of fused-ring (bicyclic) bond motifs is 3. The Morgan fingerprint density at radius 3 is 2.36 bits per heavy atom. The first-order valence-corrected chi connectivity index (χ1v) is 7.41. The molecule has 0 unspecified atom stereocenters. The lowest BCUT2D eigenvalue weighted by Gasteiger charge is -2.12. The number of aryl methyl sites for hydroxylation is 1. The van der Waals surface area contributed by atoms with E-state index < -0.39 is 0 Å². The summed E-state index contributed by atoms with van der Waals surface area (Å²) in [5, 5.41) is 3.92. The van der Waals surface area contributed by atoms with Crippen molar-refractivity contribution in [1.82, 2.24) is 0 Å². The molecule has 4 aromatic rings. The Morgan fingerprint density at radius 1 is 0.727 bits per heavy atom. The molecule has 0 aliphatic rings. The summed E-state index contributed by atoms with van der Waals surface area (Å²) in [5.74, 6) is -0.167. The van der Waals surface area contributed by atoms with E-state index in [-0.39, 0.29) is 5.82 Å². The molecule has 0 saturated heterocycles. The van der Waals surface area contributed by atoms with E-state index in [0.717, 1.165) is 27.3 Å². The fourth-order valence-electron chi connectivity index (χ4n) is 3.12. The van der Waals surface area contributed by atoms with Crippen molar-refractivity contribution in [1.29, 1.82) is 0 Å². The van der Waals surface area contributed by atoms with Crippen molar-refractivity contribution in [2.45, 2.75) is 6.92 Å². The number of hydrogen-bond donors (Lipinski definition) is 0. The van der Waals surface area contributed by atoms with E-state index in [4.69, 9.17) is 0 Å². The Bertz CT molecular complexity index is 985. The Hall–Kier alpha value is -2.67. The molecule has 0 radical (unpaired) electrons. The van der Waals surface area contributed by atoms with Gasteiger partial charge in [0.1, 0.15) is 5.82 Å². The van der Waals surface area contributed by atoms with Crippen LogP contribution in [0, 0.1) is 12.7 Å². The molecule has 0 aromatic heterocycles.